The van der Waals surface area contributed by atoms with E-state index < -0.39 is 0 Å². The molecule has 0 aliphatic rings. The summed E-state index contributed by atoms with van der Waals surface area (Å²) in [5.41, 5.74) is 3.38. The van der Waals surface area contributed by atoms with Crippen LogP contribution < -0.4 is 5.32 Å². The third-order valence-electron chi connectivity index (χ3n) is 3.75. The van der Waals surface area contributed by atoms with Gasteiger partial charge in [-0.25, -0.2) is 4.98 Å². The van der Waals surface area contributed by atoms with E-state index in [1.807, 2.05) is 42.6 Å². The van der Waals surface area contributed by atoms with Crippen molar-refractivity contribution in [1.29, 1.82) is 0 Å². The van der Waals surface area contributed by atoms with Gasteiger partial charge in [0.05, 0.1) is 23.9 Å². The van der Waals surface area contributed by atoms with Crippen molar-refractivity contribution in [2.45, 2.75) is 6.54 Å². The first-order valence-electron chi connectivity index (χ1n) is 7.60. The largest absolute Gasteiger partial charge is 0.345 e. The molecule has 2 N–H and O–H groups in total. The molecule has 0 radical (unpaired) electrons. The van der Waals surface area contributed by atoms with Gasteiger partial charge in [-0.15, -0.1) is 0 Å². The molecule has 6 nitrogen and oxygen atoms in total. The van der Waals surface area contributed by atoms with E-state index in [4.69, 9.17) is 0 Å². The number of amides is 1. The van der Waals surface area contributed by atoms with Gasteiger partial charge in [-0.05, 0) is 23.8 Å². The van der Waals surface area contributed by atoms with E-state index in [0.29, 0.717) is 17.9 Å². The molecule has 1 amide bonds. The molecule has 0 aliphatic heterocycles. The fraction of sp³-hybridized carbons (Fsp3) is 0.0556. The molecule has 0 fully saturated rings. The first kappa shape index (κ1) is 14.2. The van der Waals surface area contributed by atoms with Crippen LogP contribution >= 0.6 is 0 Å². The third-order valence-corrected chi connectivity index (χ3v) is 3.75. The number of benzene rings is 2. The first-order valence-corrected chi connectivity index (χ1v) is 7.60. The highest BCUT2D eigenvalue weighted by molar-refractivity contribution is 6.05. The average molecular weight is 317 g/mol. The van der Waals surface area contributed by atoms with Crippen LogP contribution in [-0.2, 0) is 6.54 Å². The summed E-state index contributed by atoms with van der Waals surface area (Å²) in [6.07, 6.45) is 3.46. The molecule has 0 saturated heterocycles. The molecule has 6 heteroatoms. The SMILES string of the molecule is O=C(Nc1ccn(Cc2ccccc2)n1)c1ccc2nc[nH]c2c1. The summed E-state index contributed by atoms with van der Waals surface area (Å²) in [5, 5.41) is 7.20. The Labute approximate surface area is 138 Å². The van der Waals surface area contributed by atoms with Crippen LogP contribution in [0.1, 0.15) is 15.9 Å². The van der Waals surface area contributed by atoms with Crippen LogP contribution in [0.3, 0.4) is 0 Å². The number of carbonyl (C=O) groups excluding carboxylic acids is 1. The number of hydrogen-bond acceptors (Lipinski definition) is 3. The van der Waals surface area contributed by atoms with Crippen molar-refractivity contribution >= 4 is 22.8 Å². The summed E-state index contributed by atoms with van der Waals surface area (Å²) in [6, 6.07) is 17.2. The Morgan fingerprint density at radius 2 is 2.00 bits per heavy atom. The summed E-state index contributed by atoms with van der Waals surface area (Å²) in [5.74, 6) is 0.331. The van der Waals surface area contributed by atoms with Crippen LogP contribution in [0.2, 0.25) is 0 Å². The predicted octanol–water partition coefficient (Wildman–Crippen LogP) is 3.06. The van der Waals surface area contributed by atoms with Crippen LogP contribution in [0.5, 0.6) is 0 Å². The third kappa shape index (κ3) is 2.89. The molecule has 0 spiro atoms. The summed E-state index contributed by atoms with van der Waals surface area (Å²) in [4.78, 5) is 19.5. The van der Waals surface area contributed by atoms with Crippen molar-refractivity contribution in [3.05, 3.63) is 78.2 Å². The van der Waals surface area contributed by atoms with Crippen LogP contribution in [0, 0.1) is 0 Å². The van der Waals surface area contributed by atoms with E-state index >= 15 is 0 Å². The molecule has 4 aromatic rings. The lowest BCUT2D eigenvalue weighted by Crippen LogP contribution is -2.12. The predicted molar refractivity (Wildman–Crippen MR) is 91.8 cm³/mol. The lowest BCUT2D eigenvalue weighted by atomic mass is 10.2. The summed E-state index contributed by atoms with van der Waals surface area (Å²) in [6.45, 7) is 0.664. The molecule has 0 atom stereocenters. The fourth-order valence-corrected chi connectivity index (χ4v) is 2.55. The van der Waals surface area contributed by atoms with Gasteiger partial charge in [-0.2, -0.15) is 5.10 Å². The maximum Gasteiger partial charge on any atom is 0.256 e. The second-order valence-corrected chi connectivity index (χ2v) is 5.47. The first-order chi connectivity index (χ1) is 11.8. The molecule has 0 bridgehead atoms. The van der Waals surface area contributed by atoms with Crippen molar-refractivity contribution in [2.75, 3.05) is 5.32 Å². The number of carbonyl (C=O) groups is 1. The molecular weight excluding hydrogens is 302 g/mol. The Hall–Kier alpha value is -3.41. The molecule has 2 aromatic carbocycles. The topological polar surface area (TPSA) is 75.6 Å². The lowest BCUT2D eigenvalue weighted by Gasteiger charge is -2.03. The molecule has 2 aromatic heterocycles. The Balaban J connectivity index is 1.47. The Bertz CT molecular complexity index is 987. The van der Waals surface area contributed by atoms with E-state index in [1.165, 1.54) is 0 Å². The molecule has 24 heavy (non-hydrogen) atoms. The smallest absolute Gasteiger partial charge is 0.256 e. The van der Waals surface area contributed by atoms with Gasteiger partial charge >= 0.3 is 0 Å². The minimum Gasteiger partial charge on any atom is -0.345 e. The van der Waals surface area contributed by atoms with E-state index in [0.717, 1.165) is 16.6 Å². The van der Waals surface area contributed by atoms with Gasteiger partial charge in [0.2, 0.25) is 0 Å². The molecule has 2 heterocycles. The minimum atomic E-state index is -0.198. The van der Waals surface area contributed by atoms with Gasteiger partial charge in [0.15, 0.2) is 5.82 Å². The van der Waals surface area contributed by atoms with Crippen molar-refractivity contribution in [1.82, 2.24) is 19.7 Å². The van der Waals surface area contributed by atoms with E-state index in [-0.39, 0.29) is 5.91 Å². The van der Waals surface area contributed by atoms with E-state index in [1.54, 1.807) is 29.2 Å². The highest BCUT2D eigenvalue weighted by atomic mass is 16.1. The number of imidazole rings is 1. The Morgan fingerprint density at radius 3 is 2.88 bits per heavy atom. The van der Waals surface area contributed by atoms with Crippen molar-refractivity contribution in [2.24, 2.45) is 0 Å². The van der Waals surface area contributed by atoms with Gasteiger partial charge in [0, 0.05) is 17.8 Å². The molecule has 0 aliphatic carbocycles. The molecule has 118 valence electrons. The minimum absolute atomic E-state index is 0.198. The number of rotatable bonds is 4. The van der Waals surface area contributed by atoms with E-state index in [9.17, 15) is 4.79 Å². The zero-order valence-electron chi connectivity index (χ0n) is 12.8. The van der Waals surface area contributed by atoms with Crippen molar-refractivity contribution in [3.63, 3.8) is 0 Å². The van der Waals surface area contributed by atoms with Crippen molar-refractivity contribution in [3.8, 4) is 0 Å². The maximum atomic E-state index is 12.4. The standard InChI is InChI=1S/C18H15N5O/c24-18(14-6-7-15-16(10-14)20-12-19-15)21-17-8-9-23(22-17)11-13-4-2-1-3-5-13/h1-10,12H,11H2,(H,19,20)(H,21,22,24). The van der Waals surface area contributed by atoms with Crippen molar-refractivity contribution < 1.29 is 4.79 Å². The molecule has 0 unspecified atom stereocenters. The maximum absolute atomic E-state index is 12.4. The lowest BCUT2D eigenvalue weighted by molar-refractivity contribution is 0.102. The zero-order valence-corrected chi connectivity index (χ0v) is 12.8. The zero-order chi connectivity index (χ0) is 16.4. The van der Waals surface area contributed by atoms with Crippen LogP contribution in [0.15, 0.2) is 67.1 Å². The summed E-state index contributed by atoms with van der Waals surface area (Å²) in [7, 11) is 0. The fourth-order valence-electron chi connectivity index (χ4n) is 2.55. The van der Waals surface area contributed by atoms with Gasteiger partial charge in [0.25, 0.3) is 5.91 Å². The number of nitrogens with one attached hydrogen (secondary N) is 2. The second-order valence-electron chi connectivity index (χ2n) is 5.47. The molecular formula is C18H15N5O. The van der Waals surface area contributed by atoms with E-state index in [2.05, 4.69) is 20.4 Å². The molecule has 4 rings (SSSR count). The van der Waals surface area contributed by atoms with Crippen LogP contribution in [0.25, 0.3) is 11.0 Å². The number of aromatic amines is 1. The van der Waals surface area contributed by atoms with Gasteiger partial charge in [0.1, 0.15) is 0 Å². The quantitative estimate of drug-likeness (QED) is 0.607. The number of hydrogen-bond donors (Lipinski definition) is 2. The average Bonchev–Trinajstić information content (AvgIpc) is 3.24. The Kier molecular flexibility index (Phi) is 3.55. The monoisotopic (exact) mass is 317 g/mol. The van der Waals surface area contributed by atoms with Gasteiger partial charge in [-0.3, -0.25) is 9.48 Å². The highest BCUT2D eigenvalue weighted by Crippen LogP contribution is 2.13. The van der Waals surface area contributed by atoms with Gasteiger partial charge in [-0.1, -0.05) is 30.3 Å². The van der Waals surface area contributed by atoms with Crippen LogP contribution in [-0.4, -0.2) is 25.7 Å². The second kappa shape index (κ2) is 6.00. The summed E-state index contributed by atoms with van der Waals surface area (Å²) < 4.78 is 1.79. The summed E-state index contributed by atoms with van der Waals surface area (Å²) >= 11 is 0. The number of H-pyrrole nitrogens is 1. The Morgan fingerprint density at radius 1 is 1.12 bits per heavy atom. The van der Waals surface area contributed by atoms with Crippen LogP contribution in [0.4, 0.5) is 5.82 Å². The number of fused-ring (bicyclic) bond motifs is 1. The number of nitrogens with zero attached hydrogens (tertiary/aromatic N) is 3. The normalized spacial score (nSPS) is 10.8. The number of anilines is 1. The number of aromatic nitrogens is 4. The highest BCUT2D eigenvalue weighted by Gasteiger charge is 2.09. The van der Waals surface area contributed by atoms with Gasteiger partial charge < -0.3 is 10.3 Å². The molecule has 0 saturated carbocycles.